The first kappa shape index (κ1) is 23.5. The summed E-state index contributed by atoms with van der Waals surface area (Å²) in [6.45, 7) is 5.92. The van der Waals surface area contributed by atoms with Crippen LogP contribution in [0, 0.1) is 27.9 Å². The number of esters is 2. The zero-order valence-electron chi connectivity index (χ0n) is 17.7. The lowest BCUT2D eigenvalue weighted by atomic mass is 9.75. The average molecular weight is 419 g/mol. The quantitative estimate of drug-likeness (QED) is 0.256. The van der Waals surface area contributed by atoms with Crippen molar-refractivity contribution < 1.29 is 28.8 Å². The standard InChI is InChI=1S/C22H29NO7/c1-14(2)18-9-4-15(3)12-20(18)30-22(26)11-10-21(25)29-13-19(24)16-5-7-17(8-6-16)23(27)28/h5-8,14-15,18,20H,4,9-13H2,1-3H3/t15-,18-,20-/m0/s1. The van der Waals surface area contributed by atoms with Gasteiger partial charge < -0.3 is 9.47 Å². The van der Waals surface area contributed by atoms with Gasteiger partial charge in [-0.1, -0.05) is 27.2 Å². The predicted octanol–water partition coefficient (Wildman–Crippen LogP) is 4.10. The molecule has 30 heavy (non-hydrogen) atoms. The fourth-order valence-corrected chi connectivity index (χ4v) is 3.75. The molecule has 3 atom stereocenters. The Hall–Kier alpha value is -2.77. The van der Waals surface area contributed by atoms with E-state index in [1.165, 1.54) is 24.3 Å². The number of nitro benzene ring substituents is 1. The molecule has 0 spiro atoms. The van der Waals surface area contributed by atoms with Crippen LogP contribution < -0.4 is 0 Å². The zero-order chi connectivity index (χ0) is 22.3. The van der Waals surface area contributed by atoms with E-state index in [4.69, 9.17) is 9.47 Å². The molecule has 1 aromatic carbocycles. The van der Waals surface area contributed by atoms with Crippen LogP contribution in [0.3, 0.4) is 0 Å². The molecule has 0 heterocycles. The summed E-state index contributed by atoms with van der Waals surface area (Å²) < 4.78 is 10.6. The van der Waals surface area contributed by atoms with Gasteiger partial charge in [0.25, 0.3) is 5.69 Å². The van der Waals surface area contributed by atoms with Crippen molar-refractivity contribution in [3.63, 3.8) is 0 Å². The van der Waals surface area contributed by atoms with Gasteiger partial charge in [-0.25, -0.2) is 0 Å². The number of ether oxygens (including phenoxy) is 2. The Balaban J connectivity index is 1.75. The first-order valence-electron chi connectivity index (χ1n) is 10.3. The number of hydrogen-bond donors (Lipinski definition) is 0. The summed E-state index contributed by atoms with van der Waals surface area (Å²) >= 11 is 0. The van der Waals surface area contributed by atoms with Gasteiger partial charge >= 0.3 is 11.9 Å². The van der Waals surface area contributed by atoms with Gasteiger partial charge in [-0.05, 0) is 42.7 Å². The summed E-state index contributed by atoms with van der Waals surface area (Å²) in [7, 11) is 0. The number of Topliss-reactive ketones (excluding diaryl/α,β-unsaturated/α-hetero) is 1. The highest BCUT2D eigenvalue weighted by atomic mass is 16.6. The molecular formula is C22H29NO7. The van der Waals surface area contributed by atoms with Crippen LogP contribution in [0.15, 0.2) is 24.3 Å². The number of benzene rings is 1. The van der Waals surface area contributed by atoms with Crippen molar-refractivity contribution in [2.45, 2.75) is 59.0 Å². The fourth-order valence-electron chi connectivity index (χ4n) is 3.75. The van der Waals surface area contributed by atoms with Crippen molar-refractivity contribution in [3.05, 3.63) is 39.9 Å². The molecule has 0 aromatic heterocycles. The van der Waals surface area contributed by atoms with E-state index in [-0.39, 0.29) is 30.2 Å². The molecule has 2 rings (SSSR count). The molecule has 8 nitrogen and oxygen atoms in total. The summed E-state index contributed by atoms with van der Waals surface area (Å²) in [6.07, 6.45) is 2.61. The number of nitrogens with zero attached hydrogens (tertiary/aromatic N) is 1. The number of rotatable bonds is 9. The van der Waals surface area contributed by atoms with Crippen LogP contribution in [-0.2, 0) is 19.1 Å². The van der Waals surface area contributed by atoms with E-state index in [1.807, 2.05) is 0 Å². The third-order valence-electron chi connectivity index (χ3n) is 5.54. The summed E-state index contributed by atoms with van der Waals surface area (Å²) in [4.78, 5) is 46.1. The Morgan fingerprint density at radius 3 is 2.33 bits per heavy atom. The number of non-ortho nitro benzene ring substituents is 1. The molecule has 0 aliphatic heterocycles. The highest BCUT2D eigenvalue weighted by Crippen LogP contribution is 2.35. The zero-order valence-corrected chi connectivity index (χ0v) is 17.7. The van der Waals surface area contributed by atoms with Gasteiger partial charge in [-0.15, -0.1) is 0 Å². The second-order valence-corrected chi connectivity index (χ2v) is 8.24. The van der Waals surface area contributed by atoms with Crippen LogP contribution >= 0.6 is 0 Å². The maximum Gasteiger partial charge on any atom is 0.306 e. The van der Waals surface area contributed by atoms with Crippen LogP contribution in [0.25, 0.3) is 0 Å². The summed E-state index contributed by atoms with van der Waals surface area (Å²) in [5.41, 5.74) is 0.0769. The molecule has 0 radical (unpaired) electrons. The lowest BCUT2D eigenvalue weighted by Crippen LogP contribution is -2.36. The highest BCUT2D eigenvalue weighted by molar-refractivity contribution is 5.98. The van der Waals surface area contributed by atoms with Gasteiger partial charge in [-0.2, -0.15) is 0 Å². The molecule has 0 saturated heterocycles. The van der Waals surface area contributed by atoms with Crippen molar-refractivity contribution in [1.82, 2.24) is 0 Å². The Kier molecular flexibility index (Phi) is 8.50. The minimum atomic E-state index is -0.667. The third-order valence-corrected chi connectivity index (χ3v) is 5.54. The Morgan fingerprint density at radius 1 is 1.10 bits per heavy atom. The van der Waals surface area contributed by atoms with Crippen LogP contribution in [0.4, 0.5) is 5.69 Å². The smallest absolute Gasteiger partial charge is 0.306 e. The van der Waals surface area contributed by atoms with E-state index in [9.17, 15) is 24.5 Å². The molecular weight excluding hydrogens is 390 g/mol. The van der Waals surface area contributed by atoms with Crippen molar-refractivity contribution in [1.29, 1.82) is 0 Å². The normalized spacial score (nSPS) is 21.1. The van der Waals surface area contributed by atoms with Gasteiger partial charge in [0, 0.05) is 17.7 Å². The second kappa shape index (κ2) is 10.8. The molecule has 1 aliphatic carbocycles. The number of carbonyl (C=O) groups excluding carboxylic acids is 3. The van der Waals surface area contributed by atoms with Gasteiger partial charge in [0.15, 0.2) is 12.4 Å². The Morgan fingerprint density at radius 2 is 1.73 bits per heavy atom. The molecule has 164 valence electrons. The largest absolute Gasteiger partial charge is 0.462 e. The topological polar surface area (TPSA) is 113 Å². The fraction of sp³-hybridized carbons (Fsp3) is 0.591. The van der Waals surface area contributed by atoms with Crippen molar-refractivity contribution in [2.75, 3.05) is 6.61 Å². The van der Waals surface area contributed by atoms with E-state index >= 15 is 0 Å². The van der Waals surface area contributed by atoms with Crippen molar-refractivity contribution in [3.8, 4) is 0 Å². The number of ketones is 1. The van der Waals surface area contributed by atoms with E-state index in [0.717, 1.165) is 19.3 Å². The summed E-state index contributed by atoms with van der Waals surface area (Å²) in [6, 6.07) is 5.03. The van der Waals surface area contributed by atoms with Crippen LogP contribution in [0.1, 0.15) is 63.2 Å². The average Bonchev–Trinajstić information content (AvgIpc) is 2.70. The minimum absolute atomic E-state index is 0.0970. The minimum Gasteiger partial charge on any atom is -0.462 e. The molecule has 8 heteroatoms. The van der Waals surface area contributed by atoms with E-state index in [0.29, 0.717) is 17.8 Å². The van der Waals surface area contributed by atoms with Gasteiger partial charge in [0.2, 0.25) is 0 Å². The van der Waals surface area contributed by atoms with Gasteiger partial charge in [-0.3, -0.25) is 24.5 Å². The molecule has 0 N–H and O–H groups in total. The van der Waals surface area contributed by atoms with Crippen LogP contribution in [0.2, 0.25) is 0 Å². The van der Waals surface area contributed by atoms with Crippen molar-refractivity contribution >= 4 is 23.4 Å². The summed E-state index contributed by atoms with van der Waals surface area (Å²) in [5.74, 6) is -0.315. The lowest BCUT2D eigenvalue weighted by Gasteiger charge is -2.36. The SMILES string of the molecule is CC(C)[C@@H]1CC[C@H](C)C[C@@H]1OC(=O)CCC(=O)OCC(=O)c1ccc([N+](=O)[O-])cc1. The van der Waals surface area contributed by atoms with Crippen LogP contribution in [0.5, 0.6) is 0 Å². The number of hydrogen-bond acceptors (Lipinski definition) is 7. The molecule has 1 fully saturated rings. The predicted molar refractivity (Wildman–Crippen MR) is 109 cm³/mol. The van der Waals surface area contributed by atoms with Gasteiger partial charge in [0.05, 0.1) is 17.8 Å². The number of nitro groups is 1. The van der Waals surface area contributed by atoms with Gasteiger partial charge in [0.1, 0.15) is 6.10 Å². The Labute approximate surface area is 176 Å². The van der Waals surface area contributed by atoms with Crippen molar-refractivity contribution in [2.24, 2.45) is 17.8 Å². The first-order chi connectivity index (χ1) is 14.2. The second-order valence-electron chi connectivity index (χ2n) is 8.24. The van der Waals surface area contributed by atoms with E-state index in [1.54, 1.807) is 0 Å². The molecule has 1 aliphatic rings. The maximum atomic E-state index is 12.2. The summed E-state index contributed by atoms with van der Waals surface area (Å²) in [5, 5.41) is 10.6. The molecule has 1 saturated carbocycles. The first-order valence-corrected chi connectivity index (χ1v) is 10.3. The number of carbonyl (C=O) groups is 3. The monoisotopic (exact) mass is 419 g/mol. The lowest BCUT2D eigenvalue weighted by molar-refractivity contribution is -0.384. The molecule has 0 unspecified atom stereocenters. The van der Waals surface area contributed by atoms with E-state index in [2.05, 4.69) is 20.8 Å². The van der Waals surface area contributed by atoms with Crippen LogP contribution in [-0.4, -0.2) is 35.4 Å². The Bertz CT molecular complexity index is 772. The molecule has 0 bridgehead atoms. The molecule has 1 aromatic rings. The highest BCUT2D eigenvalue weighted by Gasteiger charge is 2.33. The molecule has 0 amide bonds. The third kappa shape index (κ3) is 6.93. The van der Waals surface area contributed by atoms with E-state index < -0.39 is 29.3 Å². The maximum absolute atomic E-state index is 12.2.